The van der Waals surface area contributed by atoms with Crippen molar-refractivity contribution in [3.8, 4) is 0 Å². The molecule has 1 radical (unpaired) electrons. The summed E-state index contributed by atoms with van der Waals surface area (Å²) < 4.78 is 5.14. The number of nitrogens with zero attached hydrogens (tertiary/aromatic N) is 1. The summed E-state index contributed by atoms with van der Waals surface area (Å²) in [5.41, 5.74) is 0. The lowest BCUT2D eigenvalue weighted by molar-refractivity contribution is -0.138. The molecule has 0 bridgehead atoms. The Labute approximate surface area is 72.1 Å². The van der Waals surface area contributed by atoms with Gasteiger partial charge >= 0.3 is 0 Å². The maximum atomic E-state index is 10.9. The summed E-state index contributed by atoms with van der Waals surface area (Å²) in [7, 11) is 1.68. The number of likely N-dealkylation sites (tertiary alicyclic amines) is 1. The third-order valence-electron chi connectivity index (χ3n) is 2.25. The first kappa shape index (κ1) is 9.48. The van der Waals surface area contributed by atoms with E-state index in [0.717, 1.165) is 12.8 Å². The third-order valence-corrected chi connectivity index (χ3v) is 2.25. The Hall–Kier alpha value is -0.610. The van der Waals surface area contributed by atoms with E-state index < -0.39 is 6.61 Å². The normalized spacial score (nSPS) is 19.7. The van der Waals surface area contributed by atoms with Gasteiger partial charge in [0.15, 0.2) is 6.61 Å². The minimum Gasteiger partial charge on any atom is -0.381 e. The first-order valence-electron chi connectivity index (χ1n) is 4.16. The monoisotopic (exact) mass is 172 g/mol. The van der Waals surface area contributed by atoms with Crippen molar-refractivity contribution in [2.45, 2.75) is 18.9 Å². The summed E-state index contributed by atoms with van der Waals surface area (Å²) in [5.74, 6) is -0.287. The number of carbonyl (C=O) groups is 1. The summed E-state index contributed by atoms with van der Waals surface area (Å²) in [5, 5.41) is 10.3. The molecule has 69 valence electrons. The van der Waals surface area contributed by atoms with Crippen LogP contribution in [0.2, 0.25) is 0 Å². The standard InChI is InChI=1S/C8H14NO3/c1-12-7-2-4-9(5-3-7)8(11)6-10/h7H,2-6H2,1H3. The molecule has 0 aliphatic carbocycles. The average molecular weight is 172 g/mol. The van der Waals surface area contributed by atoms with Crippen LogP contribution < -0.4 is 0 Å². The molecule has 1 aliphatic rings. The summed E-state index contributed by atoms with van der Waals surface area (Å²) in [6, 6.07) is 0. The first-order chi connectivity index (χ1) is 5.77. The SMILES string of the molecule is COC1CCN(C(=O)C[O])CC1. The summed E-state index contributed by atoms with van der Waals surface area (Å²) >= 11 is 0. The zero-order valence-electron chi connectivity index (χ0n) is 7.28. The van der Waals surface area contributed by atoms with E-state index in [0.29, 0.717) is 13.1 Å². The van der Waals surface area contributed by atoms with Gasteiger partial charge in [-0.25, -0.2) is 5.11 Å². The Kier molecular flexibility index (Phi) is 3.49. The fraction of sp³-hybridized carbons (Fsp3) is 0.875. The molecule has 1 amide bonds. The van der Waals surface area contributed by atoms with Crippen molar-refractivity contribution in [3.63, 3.8) is 0 Å². The van der Waals surface area contributed by atoms with Crippen LogP contribution in [0.1, 0.15) is 12.8 Å². The molecule has 0 atom stereocenters. The van der Waals surface area contributed by atoms with Crippen molar-refractivity contribution >= 4 is 5.91 Å². The van der Waals surface area contributed by atoms with Gasteiger partial charge in [-0.2, -0.15) is 0 Å². The van der Waals surface area contributed by atoms with E-state index in [4.69, 9.17) is 4.74 Å². The van der Waals surface area contributed by atoms with E-state index in [1.807, 2.05) is 0 Å². The molecule has 12 heavy (non-hydrogen) atoms. The van der Waals surface area contributed by atoms with Crippen LogP contribution in [0.25, 0.3) is 0 Å². The predicted octanol–water partition coefficient (Wildman–Crippen LogP) is 0.0543. The van der Waals surface area contributed by atoms with Crippen molar-refractivity contribution in [3.05, 3.63) is 0 Å². The number of hydrogen-bond acceptors (Lipinski definition) is 2. The van der Waals surface area contributed by atoms with Crippen molar-refractivity contribution < 1.29 is 14.6 Å². The van der Waals surface area contributed by atoms with Gasteiger partial charge in [0.1, 0.15) is 0 Å². The van der Waals surface area contributed by atoms with E-state index >= 15 is 0 Å². The number of hydrogen-bond donors (Lipinski definition) is 0. The molecular formula is C8H14NO3. The molecule has 1 fully saturated rings. The van der Waals surface area contributed by atoms with Crippen molar-refractivity contribution in [2.24, 2.45) is 0 Å². The maximum absolute atomic E-state index is 10.9. The van der Waals surface area contributed by atoms with Crippen LogP contribution in [0, 0.1) is 0 Å². The van der Waals surface area contributed by atoms with Crippen LogP contribution in [0.4, 0.5) is 0 Å². The fourth-order valence-corrected chi connectivity index (χ4v) is 1.43. The number of carbonyl (C=O) groups excluding carboxylic acids is 1. The van der Waals surface area contributed by atoms with Gasteiger partial charge in [-0.15, -0.1) is 0 Å². The Morgan fingerprint density at radius 3 is 2.50 bits per heavy atom. The molecule has 0 N–H and O–H groups in total. The zero-order valence-corrected chi connectivity index (χ0v) is 7.28. The Balaban J connectivity index is 2.30. The van der Waals surface area contributed by atoms with Gasteiger partial charge in [0, 0.05) is 20.2 Å². The van der Waals surface area contributed by atoms with E-state index in [-0.39, 0.29) is 12.0 Å². The van der Waals surface area contributed by atoms with Gasteiger partial charge in [-0.3, -0.25) is 4.79 Å². The Morgan fingerprint density at radius 1 is 1.50 bits per heavy atom. The highest BCUT2D eigenvalue weighted by Crippen LogP contribution is 2.12. The van der Waals surface area contributed by atoms with Gasteiger partial charge in [0.2, 0.25) is 0 Å². The van der Waals surface area contributed by atoms with Crippen molar-refractivity contribution in [2.75, 3.05) is 26.8 Å². The maximum Gasteiger partial charge on any atom is 0.251 e. The quantitative estimate of drug-likeness (QED) is 0.591. The smallest absolute Gasteiger partial charge is 0.251 e. The molecular weight excluding hydrogens is 158 g/mol. The zero-order chi connectivity index (χ0) is 8.97. The lowest BCUT2D eigenvalue weighted by atomic mass is 10.1. The third kappa shape index (κ3) is 2.19. The van der Waals surface area contributed by atoms with E-state index in [9.17, 15) is 9.90 Å². The molecule has 1 rings (SSSR count). The summed E-state index contributed by atoms with van der Waals surface area (Å²) in [6.07, 6.45) is 1.96. The molecule has 1 aliphatic heterocycles. The van der Waals surface area contributed by atoms with E-state index in [1.165, 1.54) is 0 Å². The average Bonchev–Trinajstić information content (AvgIpc) is 2.17. The lowest BCUT2D eigenvalue weighted by Gasteiger charge is -2.30. The summed E-state index contributed by atoms with van der Waals surface area (Å²) in [6.45, 7) is 0.705. The highest BCUT2D eigenvalue weighted by atomic mass is 16.5. The predicted molar refractivity (Wildman–Crippen MR) is 42.2 cm³/mol. The lowest BCUT2D eigenvalue weighted by Crippen LogP contribution is -2.41. The molecule has 4 heteroatoms. The minimum absolute atomic E-state index is 0.265. The number of methoxy groups -OCH3 is 1. The van der Waals surface area contributed by atoms with Crippen LogP contribution in [-0.2, 0) is 14.6 Å². The molecule has 0 unspecified atom stereocenters. The van der Waals surface area contributed by atoms with Crippen LogP contribution in [0.5, 0.6) is 0 Å². The second-order valence-corrected chi connectivity index (χ2v) is 2.96. The van der Waals surface area contributed by atoms with Gasteiger partial charge < -0.3 is 9.64 Å². The molecule has 0 spiro atoms. The molecule has 1 heterocycles. The second-order valence-electron chi connectivity index (χ2n) is 2.96. The Bertz CT molecular complexity index is 152. The van der Waals surface area contributed by atoms with Crippen molar-refractivity contribution in [1.29, 1.82) is 0 Å². The highest BCUT2D eigenvalue weighted by Gasteiger charge is 2.21. The van der Waals surface area contributed by atoms with Gasteiger partial charge in [-0.1, -0.05) is 0 Å². The highest BCUT2D eigenvalue weighted by molar-refractivity contribution is 5.77. The van der Waals surface area contributed by atoms with E-state index in [1.54, 1.807) is 12.0 Å². The number of rotatable bonds is 2. The largest absolute Gasteiger partial charge is 0.381 e. The number of ether oxygens (including phenoxy) is 1. The fourth-order valence-electron chi connectivity index (χ4n) is 1.43. The van der Waals surface area contributed by atoms with Crippen LogP contribution in [0.15, 0.2) is 0 Å². The van der Waals surface area contributed by atoms with Gasteiger partial charge in [0.05, 0.1) is 6.10 Å². The van der Waals surface area contributed by atoms with Crippen LogP contribution in [0.3, 0.4) is 0 Å². The van der Waals surface area contributed by atoms with Crippen LogP contribution >= 0.6 is 0 Å². The minimum atomic E-state index is -0.627. The molecule has 0 aromatic heterocycles. The molecule has 0 aromatic carbocycles. The van der Waals surface area contributed by atoms with Gasteiger partial charge in [0.25, 0.3) is 5.91 Å². The molecule has 0 aromatic rings. The van der Waals surface area contributed by atoms with Crippen LogP contribution in [-0.4, -0.2) is 43.7 Å². The number of piperidine rings is 1. The second kappa shape index (κ2) is 4.42. The number of amides is 1. The molecule has 1 saturated heterocycles. The first-order valence-corrected chi connectivity index (χ1v) is 4.16. The van der Waals surface area contributed by atoms with E-state index in [2.05, 4.69) is 0 Å². The van der Waals surface area contributed by atoms with Crippen molar-refractivity contribution in [1.82, 2.24) is 4.90 Å². The van der Waals surface area contributed by atoms with Gasteiger partial charge in [-0.05, 0) is 12.8 Å². The molecule has 0 saturated carbocycles. The topological polar surface area (TPSA) is 49.4 Å². The molecule has 4 nitrogen and oxygen atoms in total. The Morgan fingerprint density at radius 2 is 2.08 bits per heavy atom. The summed E-state index contributed by atoms with van der Waals surface area (Å²) in [4.78, 5) is 12.5.